The van der Waals surface area contributed by atoms with Gasteiger partial charge in [-0.2, -0.15) is 0 Å². The Morgan fingerprint density at radius 2 is 2.04 bits per heavy atom. The molecule has 0 bridgehead atoms. The molecule has 5 nitrogen and oxygen atoms in total. The zero-order chi connectivity index (χ0) is 19.1. The third-order valence-electron chi connectivity index (χ3n) is 5.06. The van der Waals surface area contributed by atoms with E-state index in [1.165, 1.54) is 0 Å². The van der Waals surface area contributed by atoms with Crippen molar-refractivity contribution in [3.05, 3.63) is 47.3 Å². The fourth-order valence-electron chi connectivity index (χ4n) is 3.87. The number of hydrogen-bond acceptors (Lipinski definition) is 4. The molecule has 0 atom stereocenters. The Morgan fingerprint density at radius 1 is 1.31 bits per heavy atom. The predicted molar refractivity (Wildman–Crippen MR) is 107 cm³/mol. The van der Waals surface area contributed by atoms with E-state index in [2.05, 4.69) is 30.5 Å². The van der Waals surface area contributed by atoms with E-state index in [0.29, 0.717) is 0 Å². The second kappa shape index (κ2) is 6.48. The van der Waals surface area contributed by atoms with E-state index in [1.807, 2.05) is 36.0 Å². The number of nitrogens with zero attached hydrogens (tertiary/aromatic N) is 3. The number of fused-ring (bicyclic) bond motifs is 1. The minimum atomic E-state index is -0.188. The molecule has 3 rings (SSSR count). The van der Waals surface area contributed by atoms with Gasteiger partial charge in [0.05, 0.1) is 24.7 Å². The molecule has 1 aromatic carbocycles. The first-order valence-electron chi connectivity index (χ1n) is 8.57. The van der Waals surface area contributed by atoms with Crippen LogP contribution in [0.2, 0.25) is 0 Å². The summed E-state index contributed by atoms with van der Waals surface area (Å²) in [5.41, 5.74) is 5.49. The van der Waals surface area contributed by atoms with Crippen molar-refractivity contribution < 1.29 is 9.84 Å². The number of hydrogen-bond donors (Lipinski definition) is 1. The number of rotatable bonds is 4. The highest BCUT2D eigenvalue weighted by molar-refractivity contribution is 6.07. The lowest BCUT2D eigenvalue weighted by Crippen LogP contribution is -2.29. The number of benzene rings is 1. The van der Waals surface area contributed by atoms with Gasteiger partial charge in [-0.15, -0.1) is 0 Å². The Hall–Kier alpha value is -2.82. The summed E-state index contributed by atoms with van der Waals surface area (Å²) in [4.78, 5) is 8.75. The molecule has 1 aliphatic carbocycles. The summed E-state index contributed by atoms with van der Waals surface area (Å²) in [7, 11) is 3.42. The molecule has 0 fully saturated rings. The molecule has 0 unspecified atom stereocenters. The predicted octanol–water partition coefficient (Wildman–Crippen LogP) is 4.28. The van der Waals surface area contributed by atoms with Crippen LogP contribution in [-0.4, -0.2) is 36.3 Å². The van der Waals surface area contributed by atoms with E-state index >= 15 is 0 Å². The van der Waals surface area contributed by atoms with E-state index in [9.17, 15) is 5.11 Å². The van der Waals surface area contributed by atoms with Gasteiger partial charge < -0.3 is 14.4 Å². The van der Waals surface area contributed by atoms with Crippen LogP contribution < -0.4 is 4.74 Å². The molecule has 26 heavy (non-hydrogen) atoms. The lowest BCUT2D eigenvalue weighted by molar-refractivity contribution is 0.414. The third-order valence-corrected chi connectivity index (χ3v) is 5.06. The largest absolute Gasteiger partial charge is 0.506 e. The average molecular weight is 351 g/mol. The van der Waals surface area contributed by atoms with Crippen LogP contribution in [0, 0.1) is 5.41 Å². The quantitative estimate of drug-likeness (QED) is 0.836. The maximum atomic E-state index is 10.6. The Kier molecular flexibility index (Phi) is 4.48. The molecule has 1 heterocycles. The highest BCUT2D eigenvalue weighted by Gasteiger charge is 2.36. The van der Waals surface area contributed by atoms with E-state index in [1.54, 1.807) is 20.2 Å². The molecule has 2 aromatic rings. The number of aromatic nitrogens is 1. The van der Waals surface area contributed by atoms with Gasteiger partial charge in [-0.25, -0.2) is 0 Å². The van der Waals surface area contributed by atoms with Crippen LogP contribution in [0.25, 0.3) is 11.4 Å². The van der Waals surface area contributed by atoms with Crippen molar-refractivity contribution in [2.45, 2.75) is 27.2 Å². The van der Waals surface area contributed by atoms with Crippen molar-refractivity contribution in [2.75, 3.05) is 14.2 Å². The molecule has 1 aliphatic rings. The summed E-state index contributed by atoms with van der Waals surface area (Å²) in [6, 6.07) is 5.49. The van der Waals surface area contributed by atoms with Crippen molar-refractivity contribution >= 4 is 18.1 Å². The van der Waals surface area contributed by atoms with E-state index in [4.69, 9.17) is 4.74 Å². The number of phenols is 1. The van der Waals surface area contributed by atoms with Crippen LogP contribution in [0.3, 0.4) is 0 Å². The fourth-order valence-corrected chi connectivity index (χ4v) is 3.87. The topological polar surface area (TPSA) is 59.1 Å². The lowest BCUT2D eigenvalue weighted by Gasteiger charge is -2.36. The number of aromatic hydroxyl groups is 1. The first-order valence-corrected chi connectivity index (χ1v) is 8.57. The Balaban J connectivity index is 2.34. The standard InChI is InChI=1S/C21H25N3O2/c1-13(22-4)18-19(23-5)15-7-8-17(25)20(16(15)11-21(18,2)3)24-10-9-14(12-24)26-6/h7-10,12,25H,5,11H2,1-4,6H3. The van der Waals surface area contributed by atoms with Crippen molar-refractivity contribution in [1.29, 1.82) is 0 Å². The summed E-state index contributed by atoms with van der Waals surface area (Å²) >= 11 is 0. The van der Waals surface area contributed by atoms with Crippen molar-refractivity contribution in [3.63, 3.8) is 0 Å². The second-order valence-electron chi connectivity index (χ2n) is 7.17. The first-order chi connectivity index (χ1) is 12.3. The normalized spacial score (nSPS) is 16.4. The number of allylic oxidation sites excluding steroid dienone is 1. The zero-order valence-electron chi connectivity index (χ0n) is 16.0. The van der Waals surface area contributed by atoms with Crippen LogP contribution >= 0.6 is 0 Å². The van der Waals surface area contributed by atoms with Crippen molar-refractivity contribution in [1.82, 2.24) is 4.57 Å². The lowest BCUT2D eigenvalue weighted by atomic mass is 9.70. The van der Waals surface area contributed by atoms with Gasteiger partial charge in [-0.3, -0.25) is 9.98 Å². The summed E-state index contributed by atoms with van der Waals surface area (Å²) in [6.07, 6.45) is 4.51. The number of ether oxygens (including phenoxy) is 1. The summed E-state index contributed by atoms with van der Waals surface area (Å²) < 4.78 is 7.19. The molecule has 0 saturated carbocycles. The molecular weight excluding hydrogens is 326 g/mol. The zero-order valence-corrected chi connectivity index (χ0v) is 16.0. The van der Waals surface area contributed by atoms with Gasteiger partial charge in [0.25, 0.3) is 0 Å². The maximum Gasteiger partial charge on any atom is 0.139 e. The van der Waals surface area contributed by atoms with E-state index in [-0.39, 0.29) is 11.2 Å². The molecule has 0 saturated heterocycles. The molecule has 1 aromatic heterocycles. The van der Waals surface area contributed by atoms with E-state index in [0.717, 1.165) is 46.0 Å². The first kappa shape index (κ1) is 18.0. The number of methoxy groups -OCH3 is 1. The minimum absolute atomic E-state index is 0.188. The smallest absolute Gasteiger partial charge is 0.139 e. The maximum absolute atomic E-state index is 10.6. The SMILES string of the molecule is C=NC1=C(C(C)=NC)C(C)(C)Cc2c1ccc(O)c2-n1ccc(OC)c1. The van der Waals surface area contributed by atoms with Crippen molar-refractivity contribution in [3.8, 4) is 17.2 Å². The van der Waals surface area contributed by atoms with Crippen LogP contribution in [0.5, 0.6) is 11.5 Å². The number of aliphatic imine (C=N–C) groups is 2. The Morgan fingerprint density at radius 3 is 2.62 bits per heavy atom. The van der Waals surface area contributed by atoms with Crippen molar-refractivity contribution in [2.24, 2.45) is 15.4 Å². The second-order valence-corrected chi connectivity index (χ2v) is 7.17. The van der Waals surface area contributed by atoms with Crippen LogP contribution in [-0.2, 0) is 6.42 Å². The van der Waals surface area contributed by atoms with Gasteiger partial charge in [-0.05, 0) is 49.2 Å². The highest BCUT2D eigenvalue weighted by atomic mass is 16.5. The molecule has 5 heteroatoms. The van der Waals surface area contributed by atoms with Crippen LogP contribution in [0.4, 0.5) is 0 Å². The Bertz CT molecular complexity index is 933. The Labute approximate surface area is 154 Å². The molecule has 0 aliphatic heterocycles. The minimum Gasteiger partial charge on any atom is -0.506 e. The highest BCUT2D eigenvalue weighted by Crippen LogP contribution is 2.47. The summed E-state index contributed by atoms with van der Waals surface area (Å²) in [5.74, 6) is 0.967. The molecule has 136 valence electrons. The molecule has 0 radical (unpaired) electrons. The van der Waals surface area contributed by atoms with E-state index < -0.39 is 0 Å². The molecule has 0 spiro atoms. The molecule has 0 amide bonds. The summed E-state index contributed by atoms with van der Waals surface area (Å²) in [6.45, 7) is 10.2. The van der Waals surface area contributed by atoms with Gasteiger partial charge in [0.15, 0.2) is 0 Å². The third kappa shape index (κ3) is 2.73. The monoisotopic (exact) mass is 351 g/mol. The average Bonchev–Trinajstić information content (AvgIpc) is 3.07. The van der Waals surface area contributed by atoms with Gasteiger partial charge >= 0.3 is 0 Å². The van der Waals surface area contributed by atoms with Gasteiger partial charge in [0, 0.05) is 30.1 Å². The molecule has 1 N–H and O–H groups in total. The van der Waals surface area contributed by atoms with Gasteiger partial charge in [0.2, 0.25) is 0 Å². The van der Waals surface area contributed by atoms with Gasteiger partial charge in [-0.1, -0.05) is 13.8 Å². The fraction of sp³-hybridized carbons (Fsp3) is 0.333. The number of phenolic OH excluding ortho intramolecular Hbond substituents is 1. The van der Waals surface area contributed by atoms with Gasteiger partial charge in [0.1, 0.15) is 11.5 Å². The molecular formula is C21H25N3O2. The summed E-state index contributed by atoms with van der Waals surface area (Å²) in [5, 5.41) is 10.6. The van der Waals surface area contributed by atoms with Crippen LogP contribution in [0.1, 0.15) is 31.9 Å². The van der Waals surface area contributed by atoms with Crippen LogP contribution in [0.15, 0.2) is 46.2 Å².